The maximum Gasteiger partial charge on any atom is 0.255 e. The standard InChI is InChI=1S/C12H18N4O.HI/c1-4-7-14-12(13)15-8-10-6-5-9(2)16(3)11(10)17;/h4-6H,1,7-8H2,2-3H3,(H3,13,14,15);1H. The van der Waals surface area contributed by atoms with Gasteiger partial charge in [0.25, 0.3) is 5.56 Å². The molecule has 100 valence electrons. The molecule has 1 heterocycles. The largest absolute Gasteiger partial charge is 0.370 e. The molecule has 6 heteroatoms. The molecular weight excluding hydrogens is 343 g/mol. The van der Waals surface area contributed by atoms with Crippen LogP contribution < -0.4 is 16.6 Å². The van der Waals surface area contributed by atoms with Gasteiger partial charge >= 0.3 is 0 Å². The van der Waals surface area contributed by atoms with Crippen LogP contribution in [0, 0.1) is 6.92 Å². The molecule has 0 aliphatic carbocycles. The van der Waals surface area contributed by atoms with Crippen molar-refractivity contribution in [1.82, 2.24) is 9.88 Å². The average molecular weight is 362 g/mol. The van der Waals surface area contributed by atoms with Gasteiger partial charge in [-0.2, -0.15) is 0 Å². The summed E-state index contributed by atoms with van der Waals surface area (Å²) in [6, 6.07) is 3.67. The first-order valence-corrected chi connectivity index (χ1v) is 5.36. The number of nitrogens with one attached hydrogen (secondary N) is 1. The van der Waals surface area contributed by atoms with Gasteiger partial charge in [-0.15, -0.1) is 30.6 Å². The highest BCUT2D eigenvalue weighted by Gasteiger charge is 2.02. The van der Waals surface area contributed by atoms with E-state index in [0.29, 0.717) is 18.1 Å². The molecule has 0 unspecified atom stereocenters. The van der Waals surface area contributed by atoms with Gasteiger partial charge in [0.1, 0.15) is 0 Å². The topological polar surface area (TPSA) is 72.4 Å². The van der Waals surface area contributed by atoms with Crippen LogP contribution in [0.25, 0.3) is 0 Å². The predicted octanol–water partition coefficient (Wildman–Crippen LogP) is 0.902. The first-order valence-electron chi connectivity index (χ1n) is 5.36. The highest BCUT2D eigenvalue weighted by molar-refractivity contribution is 14.0. The van der Waals surface area contributed by atoms with E-state index in [-0.39, 0.29) is 36.1 Å². The monoisotopic (exact) mass is 362 g/mol. The summed E-state index contributed by atoms with van der Waals surface area (Å²) in [4.78, 5) is 15.9. The molecule has 1 aromatic rings. The minimum Gasteiger partial charge on any atom is -0.370 e. The van der Waals surface area contributed by atoms with E-state index in [1.54, 1.807) is 23.8 Å². The molecule has 1 aromatic heterocycles. The summed E-state index contributed by atoms with van der Waals surface area (Å²) in [6.45, 7) is 6.28. The molecule has 3 N–H and O–H groups in total. The van der Waals surface area contributed by atoms with E-state index in [2.05, 4.69) is 16.9 Å². The Bertz CT molecular complexity index is 493. The average Bonchev–Trinajstić information content (AvgIpc) is 2.32. The van der Waals surface area contributed by atoms with E-state index in [4.69, 9.17) is 5.73 Å². The summed E-state index contributed by atoms with van der Waals surface area (Å²) >= 11 is 0. The number of aliphatic imine (C=N–C) groups is 1. The number of halogens is 1. The molecule has 0 aliphatic heterocycles. The molecular formula is C12H19IN4O. The zero-order valence-corrected chi connectivity index (χ0v) is 13.0. The lowest BCUT2D eigenvalue weighted by atomic mass is 10.2. The van der Waals surface area contributed by atoms with Crippen molar-refractivity contribution in [2.24, 2.45) is 17.8 Å². The summed E-state index contributed by atoms with van der Waals surface area (Å²) in [7, 11) is 1.74. The van der Waals surface area contributed by atoms with Crippen LogP contribution in [0.15, 0.2) is 34.6 Å². The molecule has 0 aliphatic rings. The van der Waals surface area contributed by atoms with Crippen molar-refractivity contribution in [3.05, 3.63) is 46.4 Å². The van der Waals surface area contributed by atoms with Crippen molar-refractivity contribution in [1.29, 1.82) is 0 Å². The SMILES string of the molecule is C=CCNC(N)=NCc1ccc(C)n(C)c1=O.I. The molecule has 0 saturated carbocycles. The summed E-state index contributed by atoms with van der Waals surface area (Å²) in [5, 5.41) is 2.85. The zero-order valence-electron chi connectivity index (χ0n) is 10.6. The first-order chi connectivity index (χ1) is 8.06. The Labute approximate surface area is 124 Å². The molecule has 1 rings (SSSR count). The van der Waals surface area contributed by atoms with Gasteiger partial charge in [-0.05, 0) is 19.1 Å². The van der Waals surface area contributed by atoms with Crippen LogP contribution in [0.2, 0.25) is 0 Å². The fourth-order valence-electron chi connectivity index (χ4n) is 1.30. The lowest BCUT2D eigenvalue weighted by Crippen LogP contribution is -2.32. The maximum atomic E-state index is 11.8. The second kappa shape index (κ2) is 7.91. The van der Waals surface area contributed by atoms with Crippen molar-refractivity contribution >= 4 is 29.9 Å². The van der Waals surface area contributed by atoms with Gasteiger partial charge < -0.3 is 15.6 Å². The highest BCUT2D eigenvalue weighted by atomic mass is 127. The smallest absolute Gasteiger partial charge is 0.255 e. The minimum atomic E-state index is -0.0368. The third kappa shape index (κ3) is 4.52. The number of hydrogen-bond acceptors (Lipinski definition) is 2. The summed E-state index contributed by atoms with van der Waals surface area (Å²) in [5.41, 5.74) is 7.11. The second-order valence-corrected chi connectivity index (χ2v) is 3.74. The number of hydrogen-bond donors (Lipinski definition) is 2. The number of aryl methyl sites for hydroxylation is 1. The number of rotatable bonds is 4. The summed E-state index contributed by atoms with van der Waals surface area (Å²) in [5.74, 6) is 0.313. The van der Waals surface area contributed by atoms with Crippen LogP contribution in [-0.4, -0.2) is 17.1 Å². The molecule has 0 amide bonds. The quantitative estimate of drug-likeness (QED) is 0.362. The number of aromatic nitrogens is 1. The van der Waals surface area contributed by atoms with Crippen LogP contribution in [-0.2, 0) is 13.6 Å². The number of nitrogens with two attached hydrogens (primary N) is 1. The van der Waals surface area contributed by atoms with Gasteiger partial charge in [0.15, 0.2) is 5.96 Å². The van der Waals surface area contributed by atoms with E-state index >= 15 is 0 Å². The Morgan fingerprint density at radius 1 is 1.61 bits per heavy atom. The summed E-state index contributed by atoms with van der Waals surface area (Å²) in [6.07, 6.45) is 1.69. The Morgan fingerprint density at radius 2 is 2.28 bits per heavy atom. The van der Waals surface area contributed by atoms with Crippen LogP contribution in [0.1, 0.15) is 11.3 Å². The van der Waals surface area contributed by atoms with E-state index < -0.39 is 0 Å². The molecule has 0 fully saturated rings. The third-order valence-electron chi connectivity index (χ3n) is 2.48. The van der Waals surface area contributed by atoms with E-state index in [9.17, 15) is 4.79 Å². The number of pyridine rings is 1. The number of nitrogens with zero attached hydrogens (tertiary/aromatic N) is 2. The highest BCUT2D eigenvalue weighted by Crippen LogP contribution is 1.98. The lowest BCUT2D eigenvalue weighted by molar-refractivity contribution is 0.793. The van der Waals surface area contributed by atoms with Crippen molar-refractivity contribution in [3.8, 4) is 0 Å². The molecule has 0 spiro atoms. The first kappa shape index (κ1) is 16.7. The van der Waals surface area contributed by atoms with Crippen molar-refractivity contribution < 1.29 is 0 Å². The molecule has 0 bridgehead atoms. The van der Waals surface area contributed by atoms with Crippen molar-refractivity contribution in [2.75, 3.05) is 6.54 Å². The molecule has 0 aromatic carbocycles. The van der Waals surface area contributed by atoms with Crippen LogP contribution in [0.5, 0.6) is 0 Å². The molecule has 0 radical (unpaired) electrons. The Morgan fingerprint density at radius 3 is 2.89 bits per heavy atom. The normalized spacial score (nSPS) is 10.7. The van der Waals surface area contributed by atoms with Gasteiger partial charge in [-0.3, -0.25) is 4.79 Å². The third-order valence-corrected chi connectivity index (χ3v) is 2.48. The van der Waals surface area contributed by atoms with Gasteiger partial charge in [0, 0.05) is 24.8 Å². The van der Waals surface area contributed by atoms with Gasteiger partial charge in [0.05, 0.1) is 6.54 Å². The molecule has 0 saturated heterocycles. The van der Waals surface area contributed by atoms with Gasteiger partial charge in [-0.25, -0.2) is 4.99 Å². The van der Waals surface area contributed by atoms with E-state index in [1.807, 2.05) is 13.0 Å². The van der Waals surface area contributed by atoms with Gasteiger partial charge in [-0.1, -0.05) is 6.08 Å². The minimum absolute atomic E-state index is 0. The molecule has 18 heavy (non-hydrogen) atoms. The second-order valence-electron chi connectivity index (χ2n) is 3.74. The fourth-order valence-corrected chi connectivity index (χ4v) is 1.30. The van der Waals surface area contributed by atoms with E-state index in [0.717, 1.165) is 5.69 Å². The predicted molar refractivity (Wildman–Crippen MR) is 85.4 cm³/mol. The number of guanidine groups is 1. The van der Waals surface area contributed by atoms with Gasteiger partial charge in [0.2, 0.25) is 0 Å². The Kier molecular flexibility index (Phi) is 7.33. The van der Waals surface area contributed by atoms with Crippen LogP contribution >= 0.6 is 24.0 Å². The Balaban J connectivity index is 0.00000289. The Hall–Kier alpha value is -1.31. The van der Waals surface area contributed by atoms with Crippen LogP contribution in [0.3, 0.4) is 0 Å². The van der Waals surface area contributed by atoms with Crippen molar-refractivity contribution in [3.63, 3.8) is 0 Å². The lowest BCUT2D eigenvalue weighted by Gasteiger charge is -2.06. The van der Waals surface area contributed by atoms with Crippen LogP contribution in [0.4, 0.5) is 0 Å². The molecule has 5 nitrogen and oxygen atoms in total. The molecule has 0 atom stereocenters. The maximum absolute atomic E-state index is 11.8. The summed E-state index contributed by atoms with van der Waals surface area (Å²) < 4.78 is 1.60. The fraction of sp³-hybridized carbons (Fsp3) is 0.333. The van der Waals surface area contributed by atoms with E-state index in [1.165, 1.54) is 0 Å². The zero-order chi connectivity index (χ0) is 12.8. The van der Waals surface area contributed by atoms with Crippen molar-refractivity contribution in [2.45, 2.75) is 13.5 Å².